The SMILES string of the molecule is CCNCc1nc(N2CC=C(C)CC2)ccc1Cl. The van der Waals surface area contributed by atoms with E-state index >= 15 is 0 Å². The van der Waals surface area contributed by atoms with Gasteiger partial charge in [0, 0.05) is 19.6 Å². The van der Waals surface area contributed by atoms with Crippen LogP contribution in [0.2, 0.25) is 5.02 Å². The lowest BCUT2D eigenvalue weighted by molar-refractivity contribution is 0.705. The zero-order valence-corrected chi connectivity index (χ0v) is 11.8. The second-order valence-electron chi connectivity index (χ2n) is 4.62. The van der Waals surface area contributed by atoms with Gasteiger partial charge >= 0.3 is 0 Å². The molecule has 1 aromatic heterocycles. The van der Waals surface area contributed by atoms with Gasteiger partial charge in [0.15, 0.2) is 0 Å². The molecule has 4 heteroatoms. The number of anilines is 1. The van der Waals surface area contributed by atoms with Gasteiger partial charge in [0.2, 0.25) is 0 Å². The summed E-state index contributed by atoms with van der Waals surface area (Å²) in [6.45, 7) is 7.90. The minimum atomic E-state index is 0.728. The molecule has 18 heavy (non-hydrogen) atoms. The van der Waals surface area contributed by atoms with Crippen molar-refractivity contribution in [2.75, 3.05) is 24.5 Å². The summed E-state index contributed by atoms with van der Waals surface area (Å²) in [7, 11) is 0. The summed E-state index contributed by atoms with van der Waals surface area (Å²) in [6.07, 6.45) is 3.39. The van der Waals surface area contributed by atoms with Crippen LogP contribution in [0, 0.1) is 0 Å². The van der Waals surface area contributed by atoms with E-state index in [1.54, 1.807) is 0 Å². The number of aromatic nitrogens is 1. The maximum absolute atomic E-state index is 6.16. The zero-order valence-electron chi connectivity index (χ0n) is 11.0. The van der Waals surface area contributed by atoms with Crippen molar-refractivity contribution in [2.45, 2.75) is 26.8 Å². The summed E-state index contributed by atoms with van der Waals surface area (Å²) in [6, 6.07) is 3.95. The molecule has 0 unspecified atom stereocenters. The number of nitrogens with zero attached hydrogens (tertiary/aromatic N) is 2. The predicted octanol–water partition coefficient (Wildman–Crippen LogP) is 3.00. The standard InChI is InChI=1S/C14H20ClN3/c1-3-16-10-13-12(15)4-5-14(17-13)18-8-6-11(2)7-9-18/h4-6,16H,3,7-10H2,1-2H3. The van der Waals surface area contributed by atoms with E-state index in [-0.39, 0.29) is 0 Å². The Morgan fingerprint density at radius 3 is 2.94 bits per heavy atom. The Balaban J connectivity index is 2.13. The maximum atomic E-state index is 6.16. The van der Waals surface area contributed by atoms with Crippen LogP contribution in [0.25, 0.3) is 0 Å². The van der Waals surface area contributed by atoms with Crippen LogP contribution in [-0.2, 0) is 6.54 Å². The summed E-state index contributed by atoms with van der Waals surface area (Å²) < 4.78 is 0. The first-order chi connectivity index (χ1) is 8.70. The van der Waals surface area contributed by atoms with Gasteiger partial charge in [-0.25, -0.2) is 4.98 Å². The van der Waals surface area contributed by atoms with Gasteiger partial charge in [-0.2, -0.15) is 0 Å². The lowest BCUT2D eigenvalue weighted by atomic mass is 10.1. The summed E-state index contributed by atoms with van der Waals surface area (Å²) >= 11 is 6.16. The number of hydrogen-bond acceptors (Lipinski definition) is 3. The van der Waals surface area contributed by atoms with Crippen molar-refractivity contribution >= 4 is 17.4 Å². The molecular formula is C14H20ClN3. The van der Waals surface area contributed by atoms with Crippen LogP contribution in [0.1, 0.15) is 26.0 Å². The van der Waals surface area contributed by atoms with Crippen molar-refractivity contribution in [2.24, 2.45) is 0 Å². The average molecular weight is 266 g/mol. The topological polar surface area (TPSA) is 28.2 Å². The first-order valence-electron chi connectivity index (χ1n) is 6.47. The molecule has 1 N–H and O–H groups in total. The van der Waals surface area contributed by atoms with Gasteiger partial charge in [0.25, 0.3) is 0 Å². The van der Waals surface area contributed by atoms with Crippen molar-refractivity contribution in [3.8, 4) is 0 Å². The first kappa shape index (κ1) is 13.4. The van der Waals surface area contributed by atoms with Crippen LogP contribution < -0.4 is 10.2 Å². The number of hydrogen-bond donors (Lipinski definition) is 1. The molecule has 0 saturated heterocycles. The van der Waals surface area contributed by atoms with E-state index in [4.69, 9.17) is 11.6 Å². The van der Waals surface area contributed by atoms with Crippen LogP contribution in [0.4, 0.5) is 5.82 Å². The second-order valence-corrected chi connectivity index (χ2v) is 5.03. The smallest absolute Gasteiger partial charge is 0.129 e. The number of halogens is 1. The van der Waals surface area contributed by atoms with E-state index in [1.165, 1.54) is 5.57 Å². The largest absolute Gasteiger partial charge is 0.353 e. The summed E-state index contributed by atoms with van der Waals surface area (Å²) in [4.78, 5) is 6.95. The zero-order chi connectivity index (χ0) is 13.0. The minimum absolute atomic E-state index is 0.728. The Labute approximate surface area is 114 Å². The fourth-order valence-corrected chi connectivity index (χ4v) is 2.17. The molecule has 0 amide bonds. The monoisotopic (exact) mass is 265 g/mol. The van der Waals surface area contributed by atoms with Gasteiger partial charge in [-0.05, 0) is 32.0 Å². The highest BCUT2D eigenvalue weighted by Crippen LogP contribution is 2.22. The van der Waals surface area contributed by atoms with Crippen molar-refractivity contribution in [3.05, 3.63) is 34.5 Å². The molecule has 3 nitrogen and oxygen atoms in total. The Morgan fingerprint density at radius 1 is 1.44 bits per heavy atom. The molecule has 0 saturated carbocycles. The molecule has 1 aromatic rings. The van der Waals surface area contributed by atoms with E-state index in [1.807, 2.05) is 12.1 Å². The van der Waals surface area contributed by atoms with Crippen molar-refractivity contribution in [1.82, 2.24) is 10.3 Å². The molecule has 1 aliphatic rings. The number of rotatable bonds is 4. The maximum Gasteiger partial charge on any atom is 0.129 e. The molecule has 2 heterocycles. The van der Waals surface area contributed by atoms with E-state index in [2.05, 4.69) is 35.1 Å². The Kier molecular flexibility index (Phi) is 4.61. The van der Waals surface area contributed by atoms with Gasteiger partial charge in [0.05, 0.1) is 10.7 Å². The highest BCUT2D eigenvalue weighted by Gasteiger charge is 2.12. The van der Waals surface area contributed by atoms with Crippen molar-refractivity contribution in [3.63, 3.8) is 0 Å². The summed E-state index contributed by atoms with van der Waals surface area (Å²) in [5.74, 6) is 1.02. The quantitative estimate of drug-likeness (QED) is 0.849. The third-order valence-corrected chi connectivity index (χ3v) is 3.55. The Morgan fingerprint density at radius 2 is 2.28 bits per heavy atom. The molecular weight excluding hydrogens is 246 g/mol. The van der Waals surface area contributed by atoms with Crippen LogP contribution in [0.3, 0.4) is 0 Å². The molecule has 1 aliphatic heterocycles. The minimum Gasteiger partial charge on any atom is -0.353 e. The Hall–Kier alpha value is -1.06. The van der Waals surface area contributed by atoms with Crippen molar-refractivity contribution in [1.29, 1.82) is 0 Å². The lowest BCUT2D eigenvalue weighted by Gasteiger charge is -2.27. The van der Waals surface area contributed by atoms with E-state index in [9.17, 15) is 0 Å². The van der Waals surface area contributed by atoms with E-state index < -0.39 is 0 Å². The lowest BCUT2D eigenvalue weighted by Crippen LogP contribution is -2.29. The van der Waals surface area contributed by atoms with Crippen LogP contribution >= 0.6 is 11.6 Å². The van der Waals surface area contributed by atoms with Gasteiger partial charge in [-0.15, -0.1) is 0 Å². The van der Waals surface area contributed by atoms with Gasteiger partial charge < -0.3 is 10.2 Å². The Bertz CT molecular complexity index is 443. The van der Waals surface area contributed by atoms with Gasteiger partial charge in [-0.3, -0.25) is 0 Å². The van der Waals surface area contributed by atoms with Crippen molar-refractivity contribution < 1.29 is 0 Å². The molecule has 0 bridgehead atoms. The molecule has 98 valence electrons. The second kappa shape index (κ2) is 6.21. The molecule has 0 atom stereocenters. The van der Waals surface area contributed by atoms with E-state index in [0.717, 1.165) is 49.1 Å². The fourth-order valence-electron chi connectivity index (χ4n) is 2.00. The van der Waals surface area contributed by atoms with Crippen LogP contribution in [0.15, 0.2) is 23.8 Å². The van der Waals surface area contributed by atoms with E-state index in [0.29, 0.717) is 0 Å². The molecule has 2 rings (SSSR count). The molecule has 0 radical (unpaired) electrons. The fraction of sp³-hybridized carbons (Fsp3) is 0.500. The molecule has 0 spiro atoms. The molecule has 0 aromatic carbocycles. The number of nitrogens with one attached hydrogen (secondary N) is 1. The van der Waals surface area contributed by atoms with Gasteiger partial charge in [0.1, 0.15) is 5.82 Å². The summed E-state index contributed by atoms with van der Waals surface area (Å²) in [5, 5.41) is 4.00. The van der Waals surface area contributed by atoms with Crippen LogP contribution in [0.5, 0.6) is 0 Å². The molecule has 0 aliphatic carbocycles. The average Bonchev–Trinajstić information content (AvgIpc) is 2.39. The highest BCUT2D eigenvalue weighted by molar-refractivity contribution is 6.31. The van der Waals surface area contributed by atoms with Crippen LogP contribution in [-0.4, -0.2) is 24.6 Å². The van der Waals surface area contributed by atoms with Gasteiger partial charge in [-0.1, -0.05) is 30.2 Å². The highest BCUT2D eigenvalue weighted by atomic mass is 35.5. The molecule has 0 fully saturated rings. The third-order valence-electron chi connectivity index (χ3n) is 3.21. The predicted molar refractivity (Wildman–Crippen MR) is 77.2 cm³/mol. The normalized spacial score (nSPS) is 15.7. The number of pyridine rings is 1. The summed E-state index contributed by atoms with van der Waals surface area (Å²) in [5.41, 5.74) is 2.40. The third kappa shape index (κ3) is 3.24. The first-order valence-corrected chi connectivity index (χ1v) is 6.85.